The zero-order chi connectivity index (χ0) is 20.5. The number of aromatic nitrogens is 3. The second-order valence-electron chi connectivity index (χ2n) is 7.58. The largest absolute Gasteiger partial charge is 0.348 e. The molecule has 3 heterocycles. The van der Waals surface area contributed by atoms with Gasteiger partial charge in [0.2, 0.25) is 0 Å². The van der Waals surface area contributed by atoms with Gasteiger partial charge in [-0.25, -0.2) is 4.98 Å². The van der Waals surface area contributed by atoms with E-state index in [1.54, 1.807) is 23.9 Å². The molecule has 6 heteroatoms. The van der Waals surface area contributed by atoms with E-state index >= 15 is 0 Å². The van der Waals surface area contributed by atoms with Gasteiger partial charge in [-0.3, -0.25) is 14.0 Å². The first-order valence-corrected chi connectivity index (χ1v) is 9.77. The van der Waals surface area contributed by atoms with Crippen molar-refractivity contribution in [1.29, 1.82) is 0 Å². The molecule has 0 aliphatic heterocycles. The van der Waals surface area contributed by atoms with Crippen LogP contribution in [-0.2, 0) is 13.5 Å². The minimum absolute atomic E-state index is 0.0106. The Morgan fingerprint density at radius 2 is 1.93 bits per heavy atom. The van der Waals surface area contributed by atoms with Crippen molar-refractivity contribution in [1.82, 2.24) is 19.3 Å². The van der Waals surface area contributed by atoms with Crippen molar-refractivity contribution in [2.24, 2.45) is 7.05 Å². The molecule has 0 saturated carbocycles. The maximum absolute atomic E-state index is 12.9. The number of nitrogens with zero attached hydrogens (tertiary/aromatic N) is 3. The molecule has 1 N–H and O–H groups in total. The molecular formula is C23H24N4O2. The molecule has 0 aliphatic carbocycles. The van der Waals surface area contributed by atoms with Crippen LogP contribution in [0.5, 0.6) is 0 Å². The van der Waals surface area contributed by atoms with E-state index in [0.29, 0.717) is 22.4 Å². The summed E-state index contributed by atoms with van der Waals surface area (Å²) in [6.07, 6.45) is 3.50. The maximum Gasteiger partial charge on any atom is 0.268 e. The molecule has 148 valence electrons. The van der Waals surface area contributed by atoms with Crippen LogP contribution in [0.2, 0.25) is 0 Å². The summed E-state index contributed by atoms with van der Waals surface area (Å²) in [4.78, 5) is 30.3. The summed E-state index contributed by atoms with van der Waals surface area (Å²) < 4.78 is 3.22. The van der Waals surface area contributed by atoms with Crippen LogP contribution in [0.4, 0.5) is 0 Å². The van der Waals surface area contributed by atoms with Crippen LogP contribution in [0.1, 0.15) is 35.0 Å². The smallest absolute Gasteiger partial charge is 0.268 e. The fourth-order valence-electron chi connectivity index (χ4n) is 3.59. The van der Waals surface area contributed by atoms with Crippen molar-refractivity contribution in [3.63, 3.8) is 0 Å². The average molecular weight is 388 g/mol. The maximum atomic E-state index is 12.9. The van der Waals surface area contributed by atoms with Crippen LogP contribution in [0.25, 0.3) is 16.7 Å². The third-order valence-corrected chi connectivity index (χ3v) is 5.26. The van der Waals surface area contributed by atoms with Crippen LogP contribution in [-0.4, -0.2) is 25.9 Å². The van der Waals surface area contributed by atoms with Crippen molar-refractivity contribution in [3.05, 3.63) is 81.9 Å². The van der Waals surface area contributed by atoms with Crippen molar-refractivity contribution >= 4 is 22.6 Å². The molecule has 29 heavy (non-hydrogen) atoms. The van der Waals surface area contributed by atoms with Gasteiger partial charge in [-0.2, -0.15) is 0 Å². The van der Waals surface area contributed by atoms with E-state index in [4.69, 9.17) is 0 Å². The number of benzene rings is 1. The number of rotatable bonds is 5. The van der Waals surface area contributed by atoms with E-state index in [1.165, 1.54) is 9.96 Å². The molecule has 6 nitrogen and oxygen atoms in total. The Bertz CT molecular complexity index is 1250. The topological polar surface area (TPSA) is 68.4 Å². The summed E-state index contributed by atoms with van der Waals surface area (Å²) in [6, 6.07) is 15.6. The Balaban J connectivity index is 1.59. The molecule has 0 bridgehead atoms. The summed E-state index contributed by atoms with van der Waals surface area (Å²) in [6.45, 7) is 3.92. The Hall–Kier alpha value is -3.41. The number of hydrogen-bond donors (Lipinski definition) is 1. The van der Waals surface area contributed by atoms with Gasteiger partial charge in [-0.1, -0.05) is 36.4 Å². The average Bonchev–Trinajstić information content (AvgIpc) is 3.05. The predicted molar refractivity (Wildman–Crippen MR) is 114 cm³/mol. The van der Waals surface area contributed by atoms with Crippen LogP contribution >= 0.6 is 0 Å². The third-order valence-electron chi connectivity index (χ3n) is 5.26. The molecule has 0 fully saturated rings. The minimum Gasteiger partial charge on any atom is -0.348 e. The Morgan fingerprint density at radius 3 is 2.69 bits per heavy atom. The zero-order valence-electron chi connectivity index (χ0n) is 16.8. The first-order chi connectivity index (χ1) is 13.9. The standard InChI is InChI=1S/C23H24N4O2/c1-15-9-12-20-25-21-18(23(29)27(20)14-15)13-19(26(21)3)22(28)24-16(2)10-11-17-7-5-4-6-8-17/h4-9,12-14,16H,10-11H2,1-3H3,(H,24,28)/t16-/m0/s1. The number of carbonyl (C=O) groups excluding carboxylic acids is 1. The Labute approximate surface area is 168 Å². The summed E-state index contributed by atoms with van der Waals surface area (Å²) in [7, 11) is 1.77. The first-order valence-electron chi connectivity index (χ1n) is 9.77. The molecule has 4 rings (SSSR count). The number of pyridine rings is 1. The predicted octanol–water partition coefficient (Wildman–Crippen LogP) is 3.25. The third kappa shape index (κ3) is 3.66. The van der Waals surface area contributed by atoms with Crippen LogP contribution in [0, 0.1) is 6.92 Å². The number of fused-ring (bicyclic) bond motifs is 2. The van der Waals surface area contributed by atoms with E-state index in [1.807, 2.05) is 44.2 Å². The fourth-order valence-corrected chi connectivity index (χ4v) is 3.59. The number of nitrogens with one attached hydrogen (secondary N) is 1. The number of aryl methyl sites for hydroxylation is 3. The van der Waals surface area contributed by atoms with E-state index in [0.717, 1.165) is 18.4 Å². The molecule has 3 aromatic heterocycles. The second kappa shape index (κ2) is 7.54. The summed E-state index contributed by atoms with van der Waals surface area (Å²) in [5.41, 5.74) is 3.57. The minimum atomic E-state index is -0.198. The zero-order valence-corrected chi connectivity index (χ0v) is 16.8. The highest BCUT2D eigenvalue weighted by atomic mass is 16.2. The van der Waals surface area contributed by atoms with Crippen LogP contribution in [0.15, 0.2) is 59.5 Å². The van der Waals surface area contributed by atoms with Gasteiger partial charge >= 0.3 is 0 Å². The lowest BCUT2D eigenvalue weighted by Gasteiger charge is -2.14. The number of amides is 1. The lowest BCUT2D eigenvalue weighted by atomic mass is 10.1. The molecule has 0 spiro atoms. The van der Waals surface area contributed by atoms with E-state index < -0.39 is 0 Å². The lowest BCUT2D eigenvalue weighted by molar-refractivity contribution is 0.0930. The van der Waals surface area contributed by atoms with Crippen molar-refractivity contribution < 1.29 is 4.79 Å². The van der Waals surface area contributed by atoms with Crippen molar-refractivity contribution in [3.8, 4) is 0 Å². The fraction of sp³-hybridized carbons (Fsp3) is 0.261. The molecule has 1 atom stereocenters. The molecule has 1 amide bonds. The van der Waals surface area contributed by atoms with Crippen molar-refractivity contribution in [2.45, 2.75) is 32.7 Å². The van der Waals surface area contributed by atoms with Gasteiger partial charge in [0.15, 0.2) is 0 Å². The quantitative estimate of drug-likeness (QED) is 0.571. The molecule has 1 aromatic carbocycles. The van der Waals surface area contributed by atoms with Gasteiger partial charge in [-0.15, -0.1) is 0 Å². The highest BCUT2D eigenvalue weighted by Gasteiger charge is 2.19. The second-order valence-corrected chi connectivity index (χ2v) is 7.58. The highest BCUT2D eigenvalue weighted by Crippen LogP contribution is 2.16. The van der Waals surface area contributed by atoms with Gasteiger partial charge in [0.05, 0.1) is 5.39 Å². The van der Waals surface area contributed by atoms with Crippen LogP contribution < -0.4 is 10.9 Å². The van der Waals surface area contributed by atoms with E-state index in [2.05, 4.69) is 22.4 Å². The molecule has 0 saturated heterocycles. The van der Waals surface area contributed by atoms with Gasteiger partial charge in [0.25, 0.3) is 11.5 Å². The number of hydrogen-bond acceptors (Lipinski definition) is 3. The highest BCUT2D eigenvalue weighted by molar-refractivity contribution is 5.98. The van der Waals surface area contributed by atoms with E-state index in [-0.39, 0.29) is 17.5 Å². The normalized spacial score (nSPS) is 12.4. The van der Waals surface area contributed by atoms with Crippen LogP contribution in [0.3, 0.4) is 0 Å². The number of carbonyl (C=O) groups is 1. The monoisotopic (exact) mass is 388 g/mol. The van der Waals surface area contributed by atoms with Gasteiger partial charge < -0.3 is 9.88 Å². The SMILES string of the molecule is Cc1ccc2nc3c(cc(C(=O)N[C@@H](C)CCc4ccccc4)n3C)c(=O)n2c1. The molecule has 0 radical (unpaired) electrons. The van der Waals surface area contributed by atoms with Gasteiger partial charge in [0, 0.05) is 19.3 Å². The summed E-state index contributed by atoms with van der Waals surface area (Å²) in [5.74, 6) is -0.198. The summed E-state index contributed by atoms with van der Waals surface area (Å²) >= 11 is 0. The first kappa shape index (κ1) is 18.9. The van der Waals surface area contributed by atoms with Crippen molar-refractivity contribution in [2.75, 3.05) is 0 Å². The Morgan fingerprint density at radius 1 is 1.17 bits per heavy atom. The lowest BCUT2D eigenvalue weighted by Crippen LogP contribution is -2.34. The molecule has 0 unspecified atom stereocenters. The van der Waals surface area contributed by atoms with E-state index in [9.17, 15) is 9.59 Å². The molecule has 4 aromatic rings. The molecular weight excluding hydrogens is 364 g/mol. The van der Waals surface area contributed by atoms with Gasteiger partial charge in [0.1, 0.15) is 17.0 Å². The molecule has 0 aliphatic rings. The summed E-state index contributed by atoms with van der Waals surface area (Å²) in [5, 5.41) is 3.48. The Kier molecular flexibility index (Phi) is 4.92. The van der Waals surface area contributed by atoms with Gasteiger partial charge in [-0.05, 0) is 49.9 Å².